The van der Waals surface area contributed by atoms with Crippen molar-refractivity contribution in [2.75, 3.05) is 39.3 Å². The van der Waals surface area contributed by atoms with Gasteiger partial charge in [0.15, 0.2) is 0 Å². The smallest absolute Gasteiger partial charge is 0.0902 e. The van der Waals surface area contributed by atoms with Gasteiger partial charge < -0.3 is 10.1 Å². The first-order chi connectivity index (χ1) is 7.20. The van der Waals surface area contributed by atoms with Crippen LogP contribution < -0.4 is 5.32 Å². The summed E-state index contributed by atoms with van der Waals surface area (Å²) in [6, 6.07) is 0. The SMILES string of the molecule is C=CCN(CC=C)CCOC1(C)CNC1. The van der Waals surface area contributed by atoms with Gasteiger partial charge in [0.05, 0.1) is 12.2 Å². The highest BCUT2D eigenvalue weighted by molar-refractivity contribution is 4.90. The maximum Gasteiger partial charge on any atom is 0.0902 e. The van der Waals surface area contributed by atoms with Gasteiger partial charge in [-0.15, -0.1) is 13.2 Å². The Morgan fingerprint density at radius 1 is 1.33 bits per heavy atom. The minimum atomic E-state index is 0.0635. The Kier molecular flexibility index (Phi) is 5.02. The topological polar surface area (TPSA) is 24.5 Å². The maximum absolute atomic E-state index is 5.82. The Balaban J connectivity index is 2.14. The molecule has 0 bridgehead atoms. The van der Waals surface area contributed by atoms with E-state index in [4.69, 9.17) is 4.74 Å². The zero-order valence-corrected chi connectivity index (χ0v) is 9.67. The van der Waals surface area contributed by atoms with E-state index in [2.05, 4.69) is 30.3 Å². The molecule has 0 aromatic heterocycles. The van der Waals surface area contributed by atoms with E-state index in [-0.39, 0.29) is 5.60 Å². The van der Waals surface area contributed by atoms with E-state index in [1.165, 1.54) is 0 Å². The van der Waals surface area contributed by atoms with Gasteiger partial charge >= 0.3 is 0 Å². The molecule has 0 atom stereocenters. The molecule has 1 aliphatic heterocycles. The number of rotatable bonds is 8. The summed E-state index contributed by atoms with van der Waals surface area (Å²) in [4.78, 5) is 2.26. The first-order valence-corrected chi connectivity index (χ1v) is 5.49. The molecule has 1 N–H and O–H groups in total. The van der Waals surface area contributed by atoms with Crippen molar-refractivity contribution in [2.45, 2.75) is 12.5 Å². The highest BCUT2D eigenvalue weighted by Crippen LogP contribution is 2.14. The molecule has 3 nitrogen and oxygen atoms in total. The predicted octanol–water partition coefficient (Wildman–Crippen LogP) is 1.04. The molecule has 0 radical (unpaired) electrons. The Morgan fingerprint density at radius 3 is 2.33 bits per heavy atom. The van der Waals surface area contributed by atoms with Crippen molar-refractivity contribution in [3.63, 3.8) is 0 Å². The molecule has 1 heterocycles. The average Bonchev–Trinajstić information content (AvgIpc) is 2.16. The first-order valence-electron chi connectivity index (χ1n) is 5.49. The van der Waals surface area contributed by atoms with E-state index in [1.54, 1.807) is 0 Å². The summed E-state index contributed by atoms with van der Waals surface area (Å²) in [5.41, 5.74) is 0.0635. The highest BCUT2D eigenvalue weighted by Gasteiger charge is 2.32. The lowest BCUT2D eigenvalue weighted by Gasteiger charge is -2.39. The van der Waals surface area contributed by atoms with Crippen molar-refractivity contribution in [1.29, 1.82) is 0 Å². The molecule has 1 fully saturated rings. The number of nitrogens with one attached hydrogen (secondary N) is 1. The number of hydrogen-bond donors (Lipinski definition) is 1. The summed E-state index contributed by atoms with van der Waals surface area (Å²) in [5, 5.41) is 3.22. The Hall–Kier alpha value is -0.640. The van der Waals surface area contributed by atoms with Gasteiger partial charge in [0, 0.05) is 32.7 Å². The Morgan fingerprint density at radius 2 is 1.93 bits per heavy atom. The van der Waals surface area contributed by atoms with Gasteiger partial charge in [-0.2, -0.15) is 0 Å². The molecule has 3 heteroatoms. The molecule has 0 aliphatic carbocycles. The fraction of sp³-hybridized carbons (Fsp3) is 0.667. The second-order valence-electron chi connectivity index (χ2n) is 4.24. The van der Waals surface area contributed by atoms with Crippen LogP contribution in [0.25, 0.3) is 0 Å². The van der Waals surface area contributed by atoms with Gasteiger partial charge in [0.1, 0.15) is 0 Å². The van der Waals surface area contributed by atoms with Crippen LogP contribution in [-0.2, 0) is 4.74 Å². The molecule has 0 spiro atoms. The van der Waals surface area contributed by atoms with Gasteiger partial charge in [-0.1, -0.05) is 12.2 Å². The summed E-state index contributed by atoms with van der Waals surface area (Å²) >= 11 is 0. The van der Waals surface area contributed by atoms with E-state index < -0.39 is 0 Å². The highest BCUT2D eigenvalue weighted by atomic mass is 16.5. The monoisotopic (exact) mass is 210 g/mol. The van der Waals surface area contributed by atoms with Crippen LogP contribution in [0.3, 0.4) is 0 Å². The molecule has 1 aliphatic rings. The number of ether oxygens (including phenoxy) is 1. The van der Waals surface area contributed by atoms with Crippen LogP contribution in [0.1, 0.15) is 6.92 Å². The predicted molar refractivity (Wildman–Crippen MR) is 64.1 cm³/mol. The van der Waals surface area contributed by atoms with Crippen LogP contribution in [0.4, 0.5) is 0 Å². The molecule has 0 amide bonds. The van der Waals surface area contributed by atoms with Crippen LogP contribution in [0.5, 0.6) is 0 Å². The maximum atomic E-state index is 5.82. The summed E-state index contributed by atoms with van der Waals surface area (Å²) in [7, 11) is 0. The van der Waals surface area contributed by atoms with Crippen LogP contribution in [-0.4, -0.2) is 49.8 Å². The Bertz CT molecular complexity index is 202. The number of nitrogens with zero attached hydrogens (tertiary/aromatic N) is 1. The van der Waals surface area contributed by atoms with Gasteiger partial charge in [-0.05, 0) is 6.92 Å². The van der Waals surface area contributed by atoms with E-state index >= 15 is 0 Å². The van der Waals surface area contributed by atoms with Crippen molar-refractivity contribution >= 4 is 0 Å². The molecule has 0 aromatic carbocycles. The van der Waals surface area contributed by atoms with Crippen molar-refractivity contribution in [3.8, 4) is 0 Å². The van der Waals surface area contributed by atoms with Crippen LogP contribution >= 0.6 is 0 Å². The third-order valence-corrected chi connectivity index (χ3v) is 2.63. The van der Waals surface area contributed by atoms with Gasteiger partial charge in [-0.25, -0.2) is 0 Å². The quantitative estimate of drug-likeness (QED) is 0.606. The molecule has 0 unspecified atom stereocenters. The lowest BCUT2D eigenvalue weighted by molar-refractivity contribution is -0.0710. The lowest BCUT2D eigenvalue weighted by atomic mass is 10.0. The summed E-state index contributed by atoms with van der Waals surface area (Å²) < 4.78 is 5.82. The standard InChI is InChI=1S/C12H22N2O/c1-4-6-14(7-5-2)8-9-15-12(3)10-13-11-12/h4-5,13H,1-2,6-11H2,3H3. The molecule has 0 saturated carbocycles. The zero-order valence-electron chi connectivity index (χ0n) is 9.67. The molecule has 86 valence electrons. The summed E-state index contributed by atoms with van der Waals surface area (Å²) in [6.45, 7) is 15.1. The second kappa shape index (κ2) is 6.05. The molecule has 1 saturated heterocycles. The van der Waals surface area contributed by atoms with Crippen LogP contribution in [0.15, 0.2) is 25.3 Å². The summed E-state index contributed by atoms with van der Waals surface area (Å²) in [6.07, 6.45) is 3.83. The molecule has 15 heavy (non-hydrogen) atoms. The summed E-state index contributed by atoms with van der Waals surface area (Å²) in [5.74, 6) is 0. The molecule has 1 rings (SSSR count). The molecule has 0 aromatic rings. The van der Waals surface area contributed by atoms with Crippen LogP contribution in [0, 0.1) is 0 Å². The van der Waals surface area contributed by atoms with E-state index in [0.717, 1.165) is 39.3 Å². The minimum absolute atomic E-state index is 0.0635. The van der Waals surface area contributed by atoms with Gasteiger partial charge in [0.25, 0.3) is 0 Å². The zero-order chi connectivity index (χ0) is 11.1. The van der Waals surface area contributed by atoms with Gasteiger partial charge in [0.2, 0.25) is 0 Å². The number of hydrogen-bond acceptors (Lipinski definition) is 3. The average molecular weight is 210 g/mol. The first kappa shape index (κ1) is 12.4. The largest absolute Gasteiger partial charge is 0.371 e. The second-order valence-corrected chi connectivity index (χ2v) is 4.24. The van der Waals surface area contributed by atoms with Crippen LogP contribution in [0.2, 0.25) is 0 Å². The van der Waals surface area contributed by atoms with Crippen molar-refractivity contribution < 1.29 is 4.74 Å². The van der Waals surface area contributed by atoms with E-state index in [9.17, 15) is 0 Å². The third kappa shape index (κ3) is 4.16. The minimum Gasteiger partial charge on any atom is -0.371 e. The van der Waals surface area contributed by atoms with Crippen molar-refractivity contribution in [3.05, 3.63) is 25.3 Å². The van der Waals surface area contributed by atoms with Crippen molar-refractivity contribution in [1.82, 2.24) is 10.2 Å². The normalized spacial score (nSPS) is 18.5. The molecular formula is C12H22N2O. The fourth-order valence-corrected chi connectivity index (χ4v) is 1.62. The Labute approximate surface area is 92.8 Å². The van der Waals surface area contributed by atoms with Crippen molar-refractivity contribution in [2.24, 2.45) is 0 Å². The van der Waals surface area contributed by atoms with E-state index in [1.807, 2.05) is 12.2 Å². The third-order valence-electron chi connectivity index (χ3n) is 2.63. The fourth-order valence-electron chi connectivity index (χ4n) is 1.62. The van der Waals surface area contributed by atoms with Gasteiger partial charge in [-0.3, -0.25) is 4.90 Å². The lowest BCUT2D eigenvalue weighted by Crippen LogP contribution is -2.59. The van der Waals surface area contributed by atoms with E-state index in [0.29, 0.717) is 0 Å². The molecular weight excluding hydrogens is 188 g/mol.